The van der Waals surface area contributed by atoms with Crippen molar-refractivity contribution in [2.75, 3.05) is 6.61 Å². The number of rotatable bonds is 4. The highest BCUT2D eigenvalue weighted by Gasteiger charge is 2.16. The summed E-state index contributed by atoms with van der Waals surface area (Å²) in [4.78, 5) is 35.9. The average molecular weight is 343 g/mol. The van der Waals surface area contributed by atoms with E-state index in [2.05, 4.69) is 0 Å². The number of ketones is 1. The van der Waals surface area contributed by atoms with Crippen LogP contribution in [0.25, 0.3) is 11.0 Å². The van der Waals surface area contributed by atoms with Gasteiger partial charge in [0.25, 0.3) is 0 Å². The number of hydrogen-bond donors (Lipinski definition) is 0. The third-order valence-electron chi connectivity index (χ3n) is 3.34. The minimum Gasteiger partial charge on any atom is -0.451 e. The molecule has 0 spiro atoms. The first-order valence-electron chi connectivity index (χ1n) is 7.03. The summed E-state index contributed by atoms with van der Waals surface area (Å²) in [6.07, 6.45) is 0. The molecule has 0 aliphatic rings. The van der Waals surface area contributed by atoms with Gasteiger partial charge in [-0.2, -0.15) is 0 Å². The molecule has 1 heterocycles. The van der Waals surface area contributed by atoms with Gasteiger partial charge in [-0.15, -0.1) is 0 Å². The van der Waals surface area contributed by atoms with Gasteiger partial charge in [0, 0.05) is 16.7 Å². The molecule has 2 aromatic carbocycles. The van der Waals surface area contributed by atoms with Crippen LogP contribution in [0.1, 0.15) is 20.9 Å². The smallest absolute Gasteiger partial charge is 0.374 e. The summed E-state index contributed by atoms with van der Waals surface area (Å²) in [5.74, 6) is -1.51. The Hall–Kier alpha value is -2.92. The molecular weight excluding hydrogens is 332 g/mol. The van der Waals surface area contributed by atoms with Crippen molar-refractivity contribution in [2.24, 2.45) is 0 Å². The molecule has 0 atom stereocenters. The number of para-hydroxylation sites is 1. The minimum absolute atomic E-state index is 0.248. The molecule has 24 heavy (non-hydrogen) atoms. The van der Waals surface area contributed by atoms with Crippen molar-refractivity contribution in [2.45, 2.75) is 0 Å². The normalized spacial score (nSPS) is 10.5. The molecule has 0 aliphatic heterocycles. The second-order valence-electron chi connectivity index (χ2n) is 4.98. The second-order valence-corrected chi connectivity index (χ2v) is 5.41. The van der Waals surface area contributed by atoms with Crippen LogP contribution >= 0.6 is 11.6 Å². The summed E-state index contributed by atoms with van der Waals surface area (Å²) >= 11 is 5.75. The zero-order chi connectivity index (χ0) is 17.1. The number of carbonyl (C=O) groups is 2. The van der Waals surface area contributed by atoms with E-state index in [0.29, 0.717) is 16.0 Å². The van der Waals surface area contributed by atoms with Crippen LogP contribution in [0.2, 0.25) is 5.02 Å². The molecule has 6 heteroatoms. The van der Waals surface area contributed by atoms with Gasteiger partial charge in [-0.25, -0.2) is 4.79 Å². The monoisotopic (exact) mass is 342 g/mol. The molecule has 0 N–H and O–H groups in total. The molecule has 0 unspecified atom stereocenters. The lowest BCUT2D eigenvalue weighted by Gasteiger charge is -2.05. The van der Waals surface area contributed by atoms with Crippen LogP contribution in [-0.2, 0) is 4.74 Å². The summed E-state index contributed by atoms with van der Waals surface area (Å²) in [5.41, 5.74) is 0.293. The summed E-state index contributed by atoms with van der Waals surface area (Å²) in [6, 6.07) is 13.8. The van der Waals surface area contributed by atoms with E-state index in [0.717, 1.165) is 6.07 Å². The molecule has 0 amide bonds. The molecule has 1 aromatic heterocycles. The molecule has 0 bridgehead atoms. The van der Waals surface area contributed by atoms with Crippen molar-refractivity contribution < 1.29 is 18.7 Å². The number of benzene rings is 2. The Morgan fingerprint density at radius 1 is 1.04 bits per heavy atom. The van der Waals surface area contributed by atoms with E-state index in [-0.39, 0.29) is 22.6 Å². The lowest BCUT2D eigenvalue weighted by molar-refractivity contribution is 0.0444. The zero-order valence-corrected chi connectivity index (χ0v) is 13.1. The Morgan fingerprint density at radius 2 is 1.75 bits per heavy atom. The maximum atomic E-state index is 12.0. The predicted molar refractivity (Wildman–Crippen MR) is 88.5 cm³/mol. The number of halogens is 1. The molecule has 0 saturated heterocycles. The van der Waals surface area contributed by atoms with Gasteiger partial charge in [-0.3, -0.25) is 9.59 Å². The van der Waals surface area contributed by atoms with Crippen molar-refractivity contribution in [1.82, 2.24) is 0 Å². The average Bonchev–Trinajstić information content (AvgIpc) is 2.60. The van der Waals surface area contributed by atoms with E-state index in [1.807, 2.05) is 0 Å². The number of esters is 1. The topological polar surface area (TPSA) is 73.6 Å². The Labute approximate surface area is 141 Å². The van der Waals surface area contributed by atoms with E-state index in [1.54, 1.807) is 36.4 Å². The van der Waals surface area contributed by atoms with Crippen molar-refractivity contribution in [3.8, 4) is 0 Å². The van der Waals surface area contributed by atoms with Crippen LogP contribution in [0, 0.1) is 0 Å². The van der Waals surface area contributed by atoms with Crippen molar-refractivity contribution in [1.29, 1.82) is 0 Å². The van der Waals surface area contributed by atoms with E-state index >= 15 is 0 Å². The standard InChI is InChI=1S/C18H11ClO5/c19-12-7-5-11(6-8-12)15(21)10-23-18(22)17-9-14(20)13-3-1-2-4-16(13)24-17/h1-9H,10H2. The van der Waals surface area contributed by atoms with Crippen LogP contribution in [0.5, 0.6) is 0 Å². The fourth-order valence-electron chi connectivity index (χ4n) is 2.13. The molecule has 0 aliphatic carbocycles. The molecule has 5 nitrogen and oxygen atoms in total. The first-order valence-corrected chi connectivity index (χ1v) is 7.41. The first-order chi connectivity index (χ1) is 11.5. The van der Waals surface area contributed by atoms with Gasteiger partial charge in [0.1, 0.15) is 5.58 Å². The van der Waals surface area contributed by atoms with Gasteiger partial charge in [-0.1, -0.05) is 23.7 Å². The number of hydrogen-bond acceptors (Lipinski definition) is 5. The number of ether oxygens (including phenoxy) is 1. The van der Waals surface area contributed by atoms with Crippen molar-refractivity contribution in [3.05, 3.63) is 81.2 Å². The molecule has 0 saturated carbocycles. The highest BCUT2D eigenvalue weighted by Crippen LogP contribution is 2.13. The highest BCUT2D eigenvalue weighted by atomic mass is 35.5. The van der Waals surface area contributed by atoms with Crippen LogP contribution < -0.4 is 5.43 Å². The zero-order valence-electron chi connectivity index (χ0n) is 12.3. The predicted octanol–water partition coefficient (Wildman–Crippen LogP) is 3.49. The Morgan fingerprint density at radius 3 is 2.50 bits per heavy atom. The van der Waals surface area contributed by atoms with Crippen LogP contribution in [0.3, 0.4) is 0 Å². The van der Waals surface area contributed by atoms with E-state index < -0.39 is 12.6 Å². The van der Waals surface area contributed by atoms with Crippen molar-refractivity contribution >= 4 is 34.3 Å². The molecule has 0 fully saturated rings. The molecule has 3 aromatic rings. The van der Waals surface area contributed by atoms with Gasteiger partial charge in [0.2, 0.25) is 5.76 Å². The Balaban J connectivity index is 1.74. The van der Waals surface area contributed by atoms with E-state index in [1.165, 1.54) is 12.1 Å². The number of fused-ring (bicyclic) bond motifs is 1. The molecule has 0 radical (unpaired) electrons. The van der Waals surface area contributed by atoms with E-state index in [4.69, 9.17) is 20.8 Å². The molecular formula is C18H11ClO5. The van der Waals surface area contributed by atoms with Gasteiger partial charge < -0.3 is 9.15 Å². The third kappa shape index (κ3) is 3.36. The van der Waals surface area contributed by atoms with Crippen LogP contribution in [0.4, 0.5) is 0 Å². The van der Waals surface area contributed by atoms with Gasteiger partial charge >= 0.3 is 5.97 Å². The van der Waals surface area contributed by atoms with Crippen molar-refractivity contribution in [3.63, 3.8) is 0 Å². The third-order valence-corrected chi connectivity index (χ3v) is 3.59. The van der Waals surface area contributed by atoms with Gasteiger partial charge in [0.05, 0.1) is 5.39 Å². The fourth-order valence-corrected chi connectivity index (χ4v) is 2.25. The number of carbonyl (C=O) groups excluding carboxylic acids is 2. The lowest BCUT2D eigenvalue weighted by atomic mass is 10.1. The summed E-state index contributed by atoms with van der Waals surface area (Å²) in [5, 5.41) is 0.868. The SMILES string of the molecule is O=C(COC(=O)c1cc(=O)c2ccccc2o1)c1ccc(Cl)cc1. The van der Waals surface area contributed by atoms with E-state index in [9.17, 15) is 14.4 Å². The first kappa shape index (κ1) is 16.0. The summed E-state index contributed by atoms with van der Waals surface area (Å²) in [6.45, 7) is -0.461. The lowest BCUT2D eigenvalue weighted by Crippen LogP contribution is -2.15. The summed E-state index contributed by atoms with van der Waals surface area (Å²) in [7, 11) is 0. The highest BCUT2D eigenvalue weighted by molar-refractivity contribution is 6.30. The van der Waals surface area contributed by atoms with Crippen LogP contribution in [0.15, 0.2) is 63.8 Å². The van der Waals surface area contributed by atoms with Gasteiger partial charge in [-0.05, 0) is 36.4 Å². The molecule has 3 rings (SSSR count). The maximum Gasteiger partial charge on any atom is 0.374 e. The Kier molecular flexibility index (Phi) is 4.44. The van der Waals surface area contributed by atoms with Gasteiger partial charge in [0.15, 0.2) is 17.8 Å². The quantitative estimate of drug-likeness (QED) is 0.536. The largest absolute Gasteiger partial charge is 0.451 e. The fraction of sp³-hybridized carbons (Fsp3) is 0.0556. The Bertz CT molecular complexity index is 973. The minimum atomic E-state index is -0.875. The van der Waals surface area contributed by atoms with Crippen LogP contribution in [-0.4, -0.2) is 18.4 Å². The maximum absolute atomic E-state index is 12.0. The number of Topliss-reactive ketones (excluding diaryl/α,β-unsaturated/α-hetero) is 1. The second kappa shape index (κ2) is 6.68. The molecule has 120 valence electrons. The summed E-state index contributed by atoms with van der Waals surface area (Å²) < 4.78 is 10.3.